The average molecular weight is 548 g/mol. The van der Waals surface area contributed by atoms with E-state index in [1.807, 2.05) is 49.4 Å². The van der Waals surface area contributed by atoms with E-state index in [-0.39, 0.29) is 16.3 Å². The molecule has 0 atom stereocenters. The Balaban J connectivity index is 1.62. The summed E-state index contributed by atoms with van der Waals surface area (Å²) in [4.78, 5) is 12.9. The van der Waals surface area contributed by atoms with E-state index in [0.717, 1.165) is 20.6 Å². The molecule has 0 aliphatic rings. The predicted octanol–water partition coefficient (Wildman–Crippen LogP) is 4.60. The highest BCUT2D eigenvalue weighted by Gasteiger charge is 2.28. The van der Waals surface area contributed by atoms with Crippen LogP contribution in [0.1, 0.15) is 12.5 Å². The third kappa shape index (κ3) is 6.29. The zero-order chi connectivity index (χ0) is 27.8. The first-order valence-corrected chi connectivity index (χ1v) is 13.6. The molecule has 0 aliphatic heterocycles. The molecule has 4 aromatic carbocycles. The molecule has 0 aromatic heterocycles. The number of carbonyl (C=O) groups is 1. The molecule has 0 spiro atoms. The Labute approximate surface area is 227 Å². The topological polar surface area (TPSA) is 107 Å². The average Bonchev–Trinajstić information content (AvgIpc) is 2.96. The van der Waals surface area contributed by atoms with Crippen molar-refractivity contribution in [3.8, 4) is 17.2 Å². The van der Waals surface area contributed by atoms with Crippen LogP contribution in [-0.4, -0.2) is 47.9 Å². The third-order valence-corrected chi connectivity index (χ3v) is 7.65. The summed E-state index contributed by atoms with van der Waals surface area (Å²) < 4.78 is 44.5. The smallest absolute Gasteiger partial charge is 0.264 e. The van der Waals surface area contributed by atoms with E-state index < -0.39 is 22.5 Å². The second-order valence-electron chi connectivity index (χ2n) is 8.32. The summed E-state index contributed by atoms with van der Waals surface area (Å²) in [6.45, 7) is 1.80. The first-order chi connectivity index (χ1) is 18.9. The Morgan fingerprint density at radius 2 is 1.64 bits per heavy atom. The van der Waals surface area contributed by atoms with Crippen LogP contribution in [0.15, 0.2) is 94.9 Å². The number of nitrogens with zero attached hydrogens (tertiary/aromatic N) is 2. The van der Waals surface area contributed by atoms with E-state index in [0.29, 0.717) is 18.1 Å². The van der Waals surface area contributed by atoms with E-state index in [2.05, 4.69) is 10.5 Å². The number of carbonyl (C=O) groups excluding carboxylic acids is 1. The maximum absolute atomic E-state index is 13.8. The quantitative estimate of drug-likeness (QED) is 0.217. The summed E-state index contributed by atoms with van der Waals surface area (Å²) in [5.41, 5.74) is 3.54. The number of fused-ring (bicyclic) bond motifs is 1. The molecule has 4 aromatic rings. The molecule has 202 valence electrons. The van der Waals surface area contributed by atoms with Crippen molar-refractivity contribution in [2.45, 2.75) is 11.8 Å². The molecular weight excluding hydrogens is 518 g/mol. The van der Waals surface area contributed by atoms with Gasteiger partial charge in [-0.1, -0.05) is 42.5 Å². The van der Waals surface area contributed by atoms with Gasteiger partial charge in [0.05, 0.1) is 37.6 Å². The van der Waals surface area contributed by atoms with Crippen molar-refractivity contribution in [2.75, 3.05) is 31.7 Å². The maximum Gasteiger partial charge on any atom is 0.264 e. The van der Waals surface area contributed by atoms with Crippen molar-refractivity contribution in [2.24, 2.45) is 5.10 Å². The van der Waals surface area contributed by atoms with Gasteiger partial charge in [-0.25, -0.2) is 13.8 Å². The lowest BCUT2D eigenvalue weighted by atomic mass is 10.1. The molecule has 39 heavy (non-hydrogen) atoms. The van der Waals surface area contributed by atoms with Gasteiger partial charge >= 0.3 is 0 Å². The first-order valence-electron chi connectivity index (χ1n) is 12.1. The van der Waals surface area contributed by atoms with Crippen molar-refractivity contribution in [1.29, 1.82) is 0 Å². The number of anilines is 1. The van der Waals surface area contributed by atoms with Gasteiger partial charge in [0.1, 0.15) is 12.3 Å². The van der Waals surface area contributed by atoms with Gasteiger partial charge in [-0.05, 0) is 54.1 Å². The van der Waals surface area contributed by atoms with Gasteiger partial charge < -0.3 is 14.2 Å². The largest absolute Gasteiger partial charge is 0.494 e. The lowest BCUT2D eigenvalue weighted by Crippen LogP contribution is -2.39. The summed E-state index contributed by atoms with van der Waals surface area (Å²) >= 11 is 0. The first kappa shape index (κ1) is 27.5. The number of nitrogens with one attached hydrogen (secondary N) is 1. The number of amides is 1. The predicted molar refractivity (Wildman–Crippen MR) is 151 cm³/mol. The molecule has 0 radical (unpaired) electrons. The second-order valence-corrected chi connectivity index (χ2v) is 10.2. The van der Waals surface area contributed by atoms with E-state index in [1.54, 1.807) is 24.3 Å². The highest BCUT2D eigenvalue weighted by atomic mass is 32.2. The Hall–Kier alpha value is -4.57. The molecule has 0 saturated heterocycles. The number of hydrogen-bond acceptors (Lipinski definition) is 7. The van der Waals surface area contributed by atoms with E-state index >= 15 is 0 Å². The van der Waals surface area contributed by atoms with E-state index in [1.165, 1.54) is 38.6 Å². The number of methoxy groups -OCH3 is 2. The number of benzene rings is 4. The van der Waals surface area contributed by atoms with Gasteiger partial charge in [0.15, 0.2) is 11.5 Å². The third-order valence-electron chi connectivity index (χ3n) is 5.88. The van der Waals surface area contributed by atoms with Crippen molar-refractivity contribution in [1.82, 2.24) is 5.43 Å². The molecule has 9 nitrogen and oxygen atoms in total. The van der Waals surface area contributed by atoms with Gasteiger partial charge in [0.25, 0.3) is 15.9 Å². The molecule has 0 aliphatic carbocycles. The van der Waals surface area contributed by atoms with Crippen molar-refractivity contribution >= 4 is 38.6 Å². The minimum absolute atomic E-state index is 0.0684. The molecule has 10 heteroatoms. The van der Waals surface area contributed by atoms with Crippen LogP contribution in [0, 0.1) is 0 Å². The molecule has 0 fully saturated rings. The van der Waals surface area contributed by atoms with Crippen LogP contribution in [0.5, 0.6) is 17.2 Å². The maximum atomic E-state index is 13.8. The Kier molecular flexibility index (Phi) is 8.67. The van der Waals surface area contributed by atoms with Gasteiger partial charge in [0.2, 0.25) is 0 Å². The van der Waals surface area contributed by atoms with Crippen LogP contribution in [0.2, 0.25) is 0 Å². The lowest BCUT2D eigenvalue weighted by molar-refractivity contribution is -0.119. The lowest BCUT2D eigenvalue weighted by Gasteiger charge is -2.24. The fraction of sp³-hybridized carbons (Fsp3) is 0.172. The number of rotatable bonds is 11. The van der Waals surface area contributed by atoms with Crippen LogP contribution in [0.4, 0.5) is 5.69 Å². The normalized spacial score (nSPS) is 11.4. The second kappa shape index (κ2) is 12.3. The molecule has 0 saturated carbocycles. The number of hydrazone groups is 1. The highest BCUT2D eigenvalue weighted by Crippen LogP contribution is 2.32. The number of ether oxygens (including phenoxy) is 3. The SMILES string of the molecule is CCOc1ccc(N(CC(=O)N/N=C\c2cccc3ccccc23)S(=O)(=O)c2ccc(OC)c(OC)c2)cc1. The molecule has 1 N–H and O–H groups in total. The monoisotopic (exact) mass is 547 g/mol. The van der Waals surface area contributed by atoms with Gasteiger partial charge in [0, 0.05) is 11.6 Å². The van der Waals surface area contributed by atoms with Crippen molar-refractivity contribution in [3.05, 3.63) is 90.5 Å². The fourth-order valence-corrected chi connectivity index (χ4v) is 5.43. The summed E-state index contributed by atoms with van der Waals surface area (Å²) in [7, 11) is -1.32. The number of hydrogen-bond donors (Lipinski definition) is 1. The number of sulfonamides is 1. The van der Waals surface area contributed by atoms with Crippen LogP contribution in [-0.2, 0) is 14.8 Å². The molecule has 1 amide bonds. The van der Waals surface area contributed by atoms with Crippen LogP contribution >= 0.6 is 0 Å². The molecule has 0 bridgehead atoms. The zero-order valence-corrected chi connectivity index (χ0v) is 22.6. The van der Waals surface area contributed by atoms with E-state index in [4.69, 9.17) is 14.2 Å². The van der Waals surface area contributed by atoms with Crippen molar-refractivity contribution < 1.29 is 27.4 Å². The molecular formula is C29H29N3O6S. The van der Waals surface area contributed by atoms with Gasteiger partial charge in [-0.15, -0.1) is 0 Å². The summed E-state index contributed by atoms with van der Waals surface area (Å²) in [6.07, 6.45) is 1.53. The summed E-state index contributed by atoms with van der Waals surface area (Å²) in [6, 6.07) is 24.3. The molecule has 0 heterocycles. The summed E-state index contributed by atoms with van der Waals surface area (Å²) in [5, 5.41) is 6.09. The standard InChI is InChI=1S/C29H29N3O6S/c1-4-38-24-14-12-23(13-15-24)32(39(34,35)25-16-17-27(36-2)28(18-25)37-3)20-29(33)31-30-19-22-10-7-9-21-8-5-6-11-26(21)22/h5-19H,4,20H2,1-3H3,(H,31,33)/b30-19-. The van der Waals surface area contributed by atoms with Gasteiger partial charge in [-0.2, -0.15) is 5.10 Å². The van der Waals surface area contributed by atoms with Crippen LogP contribution in [0.3, 0.4) is 0 Å². The summed E-state index contributed by atoms with van der Waals surface area (Å²) in [5.74, 6) is 0.581. The highest BCUT2D eigenvalue weighted by molar-refractivity contribution is 7.92. The van der Waals surface area contributed by atoms with Crippen LogP contribution < -0.4 is 23.9 Å². The Bertz CT molecular complexity index is 1580. The zero-order valence-electron chi connectivity index (χ0n) is 21.8. The Morgan fingerprint density at radius 3 is 2.36 bits per heavy atom. The molecule has 0 unspecified atom stereocenters. The van der Waals surface area contributed by atoms with Crippen LogP contribution in [0.25, 0.3) is 10.8 Å². The van der Waals surface area contributed by atoms with Gasteiger partial charge in [-0.3, -0.25) is 9.10 Å². The fourth-order valence-electron chi connectivity index (χ4n) is 4.00. The molecule has 4 rings (SSSR count). The van der Waals surface area contributed by atoms with E-state index in [9.17, 15) is 13.2 Å². The minimum Gasteiger partial charge on any atom is -0.494 e. The van der Waals surface area contributed by atoms with Crippen molar-refractivity contribution in [3.63, 3.8) is 0 Å². The Morgan fingerprint density at radius 1 is 0.923 bits per heavy atom. The minimum atomic E-state index is -4.19.